The predicted octanol–water partition coefficient (Wildman–Crippen LogP) is -1.39. The molecule has 0 aliphatic carbocycles. The van der Waals surface area contributed by atoms with Crippen molar-refractivity contribution < 1.29 is 65.0 Å². The maximum absolute atomic E-state index is 9.47. The Morgan fingerprint density at radius 3 is 1.55 bits per heavy atom. The molecule has 0 saturated carbocycles. The largest absolute Gasteiger partial charge is 1.00 e. The summed E-state index contributed by atoms with van der Waals surface area (Å²) in [5.41, 5.74) is 5.35. The molecule has 1 aliphatic rings. The molecule has 1 heterocycles. The Bertz CT molecular complexity index is 595. The van der Waals surface area contributed by atoms with E-state index in [-0.39, 0.29) is 53.9 Å². The fraction of sp³-hybridized carbons (Fsp3) is 1.00. The molecule has 0 spiro atoms. The van der Waals surface area contributed by atoms with E-state index in [1.807, 2.05) is 0 Å². The van der Waals surface area contributed by atoms with Crippen molar-refractivity contribution in [2.45, 2.75) is 76.7 Å². The number of nitrogens with zero attached hydrogens (tertiary/aromatic N) is 2. The Labute approximate surface area is 285 Å². The first-order valence-corrected chi connectivity index (χ1v) is 29.9. The van der Waals surface area contributed by atoms with Crippen molar-refractivity contribution in [2.24, 2.45) is 5.73 Å². The van der Waals surface area contributed by atoms with Crippen molar-refractivity contribution in [3.8, 4) is 0 Å². The fourth-order valence-corrected chi connectivity index (χ4v) is 17.4. The van der Waals surface area contributed by atoms with Crippen molar-refractivity contribution >= 4 is 68.9 Å². The zero-order valence-corrected chi connectivity index (χ0v) is 36.7. The van der Waals surface area contributed by atoms with Crippen LogP contribution in [0.15, 0.2) is 0 Å². The van der Waals surface area contributed by atoms with Gasteiger partial charge in [-0.25, -0.2) is 0 Å². The maximum atomic E-state index is 9.47. The predicted molar refractivity (Wildman–Crippen MR) is 187 cm³/mol. The van der Waals surface area contributed by atoms with Crippen LogP contribution in [0.4, 0.5) is 0 Å². The van der Waals surface area contributed by atoms with Crippen molar-refractivity contribution in [3.05, 3.63) is 4.98 Å². The first kappa shape index (κ1) is 52.7. The summed E-state index contributed by atoms with van der Waals surface area (Å²) in [7, 11) is 5.75. The van der Waals surface area contributed by atoms with Gasteiger partial charge in [0.2, 0.25) is 0 Å². The van der Waals surface area contributed by atoms with Gasteiger partial charge in [0, 0.05) is 35.5 Å². The third-order valence-electron chi connectivity index (χ3n) is 6.26. The molecule has 0 amide bonds. The minimum atomic E-state index is -1.92. The van der Waals surface area contributed by atoms with Gasteiger partial charge in [-0.15, -0.1) is 0 Å². The normalized spacial score (nSPS) is 17.8. The van der Waals surface area contributed by atoms with Gasteiger partial charge >= 0.3 is 54.2 Å². The topological polar surface area (TPSA) is 110 Å². The summed E-state index contributed by atoms with van der Waals surface area (Å²) in [5.74, 6) is 0. The molecular formula is C21H62Li2N3O6P3Si5. The van der Waals surface area contributed by atoms with E-state index >= 15 is 0 Å². The van der Waals surface area contributed by atoms with Crippen molar-refractivity contribution in [1.82, 2.24) is 4.23 Å². The van der Waals surface area contributed by atoms with Crippen LogP contribution in [0.5, 0.6) is 0 Å². The van der Waals surface area contributed by atoms with Crippen molar-refractivity contribution in [1.29, 1.82) is 0 Å². The monoisotopic (exact) mass is 699 g/mol. The van der Waals surface area contributed by atoms with Gasteiger partial charge in [0.05, 0.1) is 6.23 Å². The summed E-state index contributed by atoms with van der Waals surface area (Å²) in [6, 6.07) is 3.05. The Balaban J connectivity index is -0.000000150. The van der Waals surface area contributed by atoms with E-state index in [9.17, 15) is 5.11 Å². The molecule has 1 saturated heterocycles. The molecule has 40 heavy (non-hydrogen) atoms. The molecule has 0 aromatic rings. The van der Waals surface area contributed by atoms with E-state index in [1.165, 1.54) is 6.42 Å². The molecule has 0 aromatic heterocycles. The third kappa shape index (κ3) is 22.7. The molecule has 0 aromatic carbocycles. The SMILES string of the molecule is CO[Si](P)(CCCN)OC.CO[Si](P)(CCC[N-][Si](C)(C)C)OC.CO[Si]1(CO)CCCN1[Si](C)(C)C.[Li+].[Li+].[PH2-]. The maximum Gasteiger partial charge on any atom is 1.00 e. The average Bonchev–Trinajstić information content (AvgIpc) is 3.31. The Morgan fingerprint density at radius 2 is 1.27 bits per heavy atom. The zero-order chi connectivity index (χ0) is 29.4. The quantitative estimate of drug-likeness (QED) is 0.122. The van der Waals surface area contributed by atoms with E-state index in [1.54, 1.807) is 35.5 Å². The number of nitrogens with two attached hydrogens (primary N) is 1. The van der Waals surface area contributed by atoms with Gasteiger partial charge < -0.3 is 52.1 Å². The molecule has 234 valence electrons. The van der Waals surface area contributed by atoms with Gasteiger partial charge in [-0.2, -0.15) is 6.54 Å². The summed E-state index contributed by atoms with van der Waals surface area (Å²) < 4.78 is 29.3. The fourth-order valence-electron chi connectivity index (χ4n) is 3.90. The molecule has 1 aliphatic heterocycles. The molecule has 9 nitrogen and oxygen atoms in total. The molecule has 1 rings (SSSR count). The first-order valence-electron chi connectivity index (χ1n) is 13.1. The van der Waals surface area contributed by atoms with Gasteiger partial charge in [0.1, 0.15) is 8.24 Å². The standard InChI is InChI=1S/C8H23NO2PSi2.C8H21NO2Si2.C5H16NO2PSi.2Li.H2P/c1-10-14(12,11-2)8-6-7-9-13(3,4)5;1-11-13(8-10)7-5-6-9(13)12(2,3)4;1-7-10(9,8-2)5-3-4-6;;;/h6-8,12H2,1-5H3;10H,5-8H2,1-4H3;3-6,9H2,1-2H3;;;1H2/q-1;;;2*+1;-1. The molecular weight excluding hydrogens is 637 g/mol. The van der Waals surface area contributed by atoms with Crippen LogP contribution in [0.3, 0.4) is 0 Å². The minimum Gasteiger partial charge on any atom is -0.665 e. The van der Waals surface area contributed by atoms with Gasteiger partial charge in [-0.05, 0) is 44.1 Å². The molecule has 19 heteroatoms. The van der Waals surface area contributed by atoms with Gasteiger partial charge in [0.25, 0.3) is 8.48 Å². The van der Waals surface area contributed by atoms with Crippen LogP contribution in [0, 0.1) is 0 Å². The number of rotatable bonds is 15. The van der Waals surface area contributed by atoms with Crippen LogP contribution in [0.1, 0.15) is 19.3 Å². The number of aliphatic hydroxyl groups is 1. The molecule has 3 N–H and O–H groups in total. The third-order valence-corrected chi connectivity index (χ3v) is 25.5. The van der Waals surface area contributed by atoms with Crippen molar-refractivity contribution in [2.75, 3.05) is 61.4 Å². The van der Waals surface area contributed by atoms with Crippen molar-refractivity contribution in [3.63, 3.8) is 0 Å². The Hall–Kier alpha value is 3.21. The van der Waals surface area contributed by atoms with Gasteiger partial charge in [0.15, 0.2) is 0 Å². The van der Waals surface area contributed by atoms with Crippen LogP contribution in [-0.2, 0) is 22.1 Å². The second-order valence-electron chi connectivity index (χ2n) is 11.2. The van der Waals surface area contributed by atoms with Gasteiger partial charge in [-0.3, -0.25) is 0 Å². The molecule has 1 fully saturated rings. The van der Waals surface area contributed by atoms with E-state index in [0.717, 1.165) is 44.1 Å². The number of hydrogen-bond donors (Lipinski definition) is 2. The van der Waals surface area contributed by atoms with Gasteiger partial charge in [-0.1, -0.05) is 71.5 Å². The van der Waals surface area contributed by atoms with Crippen LogP contribution in [0.25, 0.3) is 4.98 Å². The zero-order valence-electron chi connectivity index (χ0n) is 28.3. The Kier molecular flexibility index (Phi) is 34.7. The van der Waals surface area contributed by atoms with Crippen LogP contribution < -0.4 is 43.5 Å². The summed E-state index contributed by atoms with van der Waals surface area (Å²) in [5, 5.41) is 9.47. The molecule has 0 radical (unpaired) electrons. The minimum absolute atomic E-state index is 0. The van der Waals surface area contributed by atoms with Crippen LogP contribution in [0.2, 0.25) is 57.4 Å². The summed E-state index contributed by atoms with van der Waals surface area (Å²) in [6.07, 6.45) is 3.50. The van der Waals surface area contributed by atoms with E-state index in [2.05, 4.69) is 66.1 Å². The Morgan fingerprint density at radius 1 is 0.850 bits per heavy atom. The molecule has 3 unspecified atom stereocenters. The number of aliphatic hydroxyl groups excluding tert-OH is 1. The average molecular weight is 700 g/mol. The van der Waals surface area contributed by atoms with Crippen LogP contribution in [-0.4, -0.2) is 112 Å². The summed E-state index contributed by atoms with van der Waals surface area (Å²) in [4.78, 5) is 4.67. The van der Waals surface area contributed by atoms with E-state index in [0.29, 0.717) is 6.54 Å². The number of hydrogen-bond acceptors (Lipinski definition) is 8. The van der Waals surface area contributed by atoms with Crippen LogP contribution >= 0.6 is 27.5 Å². The second-order valence-corrected chi connectivity index (χ2v) is 36.0. The first-order chi connectivity index (χ1) is 17.0. The molecule has 0 bridgehead atoms. The smallest absolute Gasteiger partial charge is 0.665 e. The summed E-state index contributed by atoms with van der Waals surface area (Å²) in [6.45, 7) is 16.5. The van der Waals surface area contributed by atoms with E-state index < -0.39 is 41.4 Å². The second kappa shape index (κ2) is 26.3. The summed E-state index contributed by atoms with van der Waals surface area (Å²) >= 11 is 0. The molecule has 3 atom stereocenters. The van der Waals surface area contributed by atoms with E-state index in [4.69, 9.17) is 27.9 Å².